The van der Waals surface area contributed by atoms with Crippen LogP contribution >= 0.6 is 0 Å². The Morgan fingerprint density at radius 2 is 1.75 bits per heavy atom. The number of imide groups is 1. The maximum atomic E-state index is 12.1. The Hall–Kier alpha value is -3.06. The second kappa shape index (κ2) is 10.9. The zero-order valence-corrected chi connectivity index (χ0v) is 15.9. The summed E-state index contributed by atoms with van der Waals surface area (Å²) >= 11 is 0. The molecule has 7 nitrogen and oxygen atoms in total. The Labute approximate surface area is 164 Å². The van der Waals surface area contributed by atoms with Gasteiger partial charge in [0, 0.05) is 5.69 Å². The molecule has 3 amide bonds. The number of aliphatic hydroxyl groups excluding tert-OH is 1. The first-order chi connectivity index (χ1) is 13.5. The smallest absolute Gasteiger partial charge is 0.415 e. The quantitative estimate of drug-likeness (QED) is 0.566. The van der Waals surface area contributed by atoms with Crippen molar-refractivity contribution in [3.8, 4) is 5.75 Å². The Morgan fingerprint density at radius 3 is 2.36 bits per heavy atom. The second-order valence-corrected chi connectivity index (χ2v) is 6.43. The largest absolute Gasteiger partial charge is 0.494 e. The summed E-state index contributed by atoms with van der Waals surface area (Å²) in [5.41, 5.74) is 1.76. The van der Waals surface area contributed by atoms with Crippen LogP contribution in [0.3, 0.4) is 0 Å². The number of amides is 3. The summed E-state index contributed by atoms with van der Waals surface area (Å²) in [6.07, 6.45) is 1.56. The van der Waals surface area contributed by atoms with Gasteiger partial charge in [0.05, 0.1) is 19.3 Å². The molecule has 7 heteroatoms. The number of carbonyl (C=O) groups is 2. The number of urea groups is 1. The van der Waals surface area contributed by atoms with Crippen molar-refractivity contribution >= 4 is 17.8 Å². The Kier molecular flexibility index (Phi) is 8.30. The van der Waals surface area contributed by atoms with Crippen molar-refractivity contribution in [2.75, 3.05) is 18.5 Å². The number of aryl methyl sites for hydroxylation is 1. The maximum Gasteiger partial charge on any atom is 0.415 e. The molecule has 0 aromatic heterocycles. The van der Waals surface area contributed by atoms with E-state index in [1.165, 1.54) is 12.5 Å². The highest BCUT2D eigenvalue weighted by Gasteiger charge is 2.26. The van der Waals surface area contributed by atoms with Crippen molar-refractivity contribution < 1.29 is 24.5 Å². The standard InChI is InChI=1S/C21H26N2O5/c1-16(15-24)23(21(26)27)20(25)22-18-10-12-19(13-11-18)28-14-6-5-9-17-7-3-2-4-8-17/h2-4,7-8,10-13,16,24H,5-6,9,14-15H2,1H3,(H,22,25)(H,26,27). The van der Waals surface area contributed by atoms with Crippen LogP contribution in [0.1, 0.15) is 25.3 Å². The van der Waals surface area contributed by atoms with Gasteiger partial charge in [0.15, 0.2) is 0 Å². The summed E-state index contributed by atoms with van der Waals surface area (Å²) in [5, 5.41) is 20.7. The molecule has 0 aliphatic heterocycles. The number of rotatable bonds is 9. The fourth-order valence-electron chi connectivity index (χ4n) is 2.64. The number of anilines is 1. The van der Waals surface area contributed by atoms with Gasteiger partial charge < -0.3 is 20.3 Å². The lowest BCUT2D eigenvalue weighted by molar-refractivity contribution is 0.120. The van der Waals surface area contributed by atoms with Crippen LogP contribution in [-0.4, -0.2) is 46.5 Å². The van der Waals surface area contributed by atoms with Gasteiger partial charge in [-0.15, -0.1) is 0 Å². The number of carboxylic acid groups (broad SMARTS) is 1. The highest BCUT2D eigenvalue weighted by atomic mass is 16.5. The molecular formula is C21H26N2O5. The van der Waals surface area contributed by atoms with Crippen molar-refractivity contribution in [3.63, 3.8) is 0 Å². The molecule has 0 aliphatic rings. The highest BCUT2D eigenvalue weighted by molar-refractivity contribution is 5.98. The molecule has 1 unspecified atom stereocenters. The number of unbranched alkanes of at least 4 members (excludes halogenated alkanes) is 1. The lowest BCUT2D eigenvalue weighted by Crippen LogP contribution is -2.46. The maximum absolute atomic E-state index is 12.1. The minimum atomic E-state index is -1.42. The first kappa shape index (κ1) is 21.2. The van der Waals surface area contributed by atoms with Crippen LogP contribution in [0.2, 0.25) is 0 Å². The van der Waals surface area contributed by atoms with E-state index in [0.29, 0.717) is 22.9 Å². The summed E-state index contributed by atoms with van der Waals surface area (Å²) in [7, 11) is 0. The molecule has 2 aromatic carbocycles. The number of benzene rings is 2. The van der Waals surface area contributed by atoms with E-state index < -0.39 is 24.8 Å². The summed E-state index contributed by atoms with van der Waals surface area (Å²) in [6, 6.07) is 15.4. The van der Waals surface area contributed by atoms with Crippen LogP contribution in [0.15, 0.2) is 54.6 Å². The second-order valence-electron chi connectivity index (χ2n) is 6.43. The SMILES string of the molecule is CC(CO)N(C(=O)O)C(=O)Nc1ccc(OCCCCc2ccccc2)cc1. The highest BCUT2D eigenvalue weighted by Crippen LogP contribution is 2.17. The molecule has 0 radical (unpaired) electrons. The minimum Gasteiger partial charge on any atom is -0.494 e. The fourth-order valence-corrected chi connectivity index (χ4v) is 2.64. The van der Waals surface area contributed by atoms with E-state index in [1.54, 1.807) is 24.3 Å². The summed E-state index contributed by atoms with van der Waals surface area (Å²) in [4.78, 5) is 23.8. The number of aliphatic hydroxyl groups is 1. The summed E-state index contributed by atoms with van der Waals surface area (Å²) < 4.78 is 5.69. The predicted molar refractivity (Wildman–Crippen MR) is 107 cm³/mol. The van der Waals surface area contributed by atoms with Gasteiger partial charge in [-0.25, -0.2) is 14.5 Å². The van der Waals surface area contributed by atoms with Crippen LogP contribution in [0, 0.1) is 0 Å². The molecular weight excluding hydrogens is 360 g/mol. The van der Waals surface area contributed by atoms with E-state index >= 15 is 0 Å². The third kappa shape index (κ3) is 6.59. The molecule has 28 heavy (non-hydrogen) atoms. The van der Waals surface area contributed by atoms with Gasteiger partial charge in [0.25, 0.3) is 0 Å². The zero-order chi connectivity index (χ0) is 20.4. The van der Waals surface area contributed by atoms with Gasteiger partial charge in [-0.2, -0.15) is 0 Å². The monoisotopic (exact) mass is 386 g/mol. The molecule has 150 valence electrons. The number of hydrogen-bond donors (Lipinski definition) is 3. The lowest BCUT2D eigenvalue weighted by atomic mass is 10.1. The number of carbonyl (C=O) groups excluding carboxylic acids is 1. The first-order valence-corrected chi connectivity index (χ1v) is 9.22. The van der Waals surface area contributed by atoms with E-state index in [2.05, 4.69) is 17.4 Å². The van der Waals surface area contributed by atoms with Gasteiger partial charge in [-0.05, 0) is 56.0 Å². The van der Waals surface area contributed by atoms with Gasteiger partial charge in [-0.1, -0.05) is 30.3 Å². The minimum absolute atomic E-state index is 0.442. The van der Waals surface area contributed by atoms with Gasteiger partial charge in [0.1, 0.15) is 5.75 Å². The average molecular weight is 386 g/mol. The van der Waals surface area contributed by atoms with Crippen molar-refractivity contribution in [1.82, 2.24) is 4.90 Å². The molecule has 0 bridgehead atoms. The topological polar surface area (TPSA) is 99.1 Å². The number of nitrogens with one attached hydrogen (secondary N) is 1. The molecule has 0 spiro atoms. The van der Waals surface area contributed by atoms with Crippen LogP contribution in [0.25, 0.3) is 0 Å². The molecule has 3 N–H and O–H groups in total. The van der Waals surface area contributed by atoms with E-state index in [0.717, 1.165) is 19.3 Å². The van der Waals surface area contributed by atoms with Crippen LogP contribution < -0.4 is 10.1 Å². The van der Waals surface area contributed by atoms with Crippen LogP contribution in [0.4, 0.5) is 15.3 Å². The number of hydrogen-bond acceptors (Lipinski definition) is 4. The predicted octanol–water partition coefficient (Wildman–Crippen LogP) is 3.98. The molecule has 0 fully saturated rings. The fraction of sp³-hybridized carbons (Fsp3) is 0.333. The van der Waals surface area contributed by atoms with Crippen LogP contribution in [0.5, 0.6) is 5.75 Å². The van der Waals surface area contributed by atoms with E-state index in [1.807, 2.05) is 18.2 Å². The van der Waals surface area contributed by atoms with Gasteiger partial charge in [-0.3, -0.25) is 0 Å². The molecule has 0 saturated heterocycles. The van der Waals surface area contributed by atoms with E-state index in [-0.39, 0.29) is 0 Å². The van der Waals surface area contributed by atoms with Crippen molar-refractivity contribution in [3.05, 3.63) is 60.2 Å². The Morgan fingerprint density at radius 1 is 1.07 bits per heavy atom. The van der Waals surface area contributed by atoms with E-state index in [4.69, 9.17) is 14.9 Å². The van der Waals surface area contributed by atoms with Crippen LogP contribution in [-0.2, 0) is 6.42 Å². The number of ether oxygens (including phenoxy) is 1. The third-order valence-electron chi connectivity index (χ3n) is 4.21. The lowest BCUT2D eigenvalue weighted by Gasteiger charge is -2.23. The molecule has 0 heterocycles. The Bertz CT molecular complexity index is 749. The van der Waals surface area contributed by atoms with Crippen molar-refractivity contribution in [2.24, 2.45) is 0 Å². The van der Waals surface area contributed by atoms with Gasteiger partial charge >= 0.3 is 12.1 Å². The molecule has 0 saturated carbocycles. The third-order valence-corrected chi connectivity index (χ3v) is 4.21. The van der Waals surface area contributed by atoms with Gasteiger partial charge in [0.2, 0.25) is 0 Å². The summed E-state index contributed by atoms with van der Waals surface area (Å²) in [6.45, 7) is 1.60. The number of nitrogens with zero attached hydrogens (tertiary/aromatic N) is 1. The normalized spacial score (nSPS) is 11.5. The molecule has 2 aromatic rings. The first-order valence-electron chi connectivity index (χ1n) is 9.22. The summed E-state index contributed by atoms with van der Waals surface area (Å²) in [5.74, 6) is 0.677. The Balaban J connectivity index is 1.76. The average Bonchev–Trinajstić information content (AvgIpc) is 2.69. The van der Waals surface area contributed by atoms with E-state index in [9.17, 15) is 9.59 Å². The van der Waals surface area contributed by atoms with Crippen molar-refractivity contribution in [2.45, 2.75) is 32.2 Å². The molecule has 2 rings (SSSR count). The molecule has 1 atom stereocenters. The van der Waals surface area contributed by atoms with Crippen molar-refractivity contribution in [1.29, 1.82) is 0 Å². The zero-order valence-electron chi connectivity index (χ0n) is 15.9. The molecule has 0 aliphatic carbocycles.